The van der Waals surface area contributed by atoms with E-state index < -0.39 is 20.0 Å². The normalized spacial score (nSPS) is 16.6. The van der Waals surface area contributed by atoms with E-state index in [9.17, 15) is 21.6 Å². The number of aryl methyl sites for hydroxylation is 2. The van der Waals surface area contributed by atoms with Crippen LogP contribution in [0, 0.1) is 6.92 Å². The van der Waals surface area contributed by atoms with Crippen LogP contribution in [0.3, 0.4) is 0 Å². The van der Waals surface area contributed by atoms with Crippen molar-refractivity contribution in [3.05, 3.63) is 81.7 Å². The van der Waals surface area contributed by atoms with E-state index in [4.69, 9.17) is 0 Å². The summed E-state index contributed by atoms with van der Waals surface area (Å²) >= 11 is 3.35. The summed E-state index contributed by atoms with van der Waals surface area (Å²) in [5.41, 5.74) is 3.44. The fourth-order valence-corrected chi connectivity index (χ4v) is 9.62. The number of pyridine rings is 3. The van der Waals surface area contributed by atoms with Gasteiger partial charge in [-0.05, 0) is 90.0 Å². The van der Waals surface area contributed by atoms with E-state index in [1.54, 1.807) is 53.5 Å². The van der Waals surface area contributed by atoms with Gasteiger partial charge in [-0.15, -0.1) is 0 Å². The van der Waals surface area contributed by atoms with Gasteiger partial charge < -0.3 is 4.57 Å². The van der Waals surface area contributed by atoms with Gasteiger partial charge in [0, 0.05) is 47.8 Å². The van der Waals surface area contributed by atoms with Gasteiger partial charge in [0.2, 0.25) is 0 Å². The molecule has 0 radical (unpaired) electrons. The second-order valence-electron chi connectivity index (χ2n) is 12.7. The molecule has 0 aliphatic heterocycles. The van der Waals surface area contributed by atoms with Crippen LogP contribution >= 0.6 is 15.9 Å². The fourth-order valence-electron chi connectivity index (χ4n) is 6.49. The molecule has 7 rings (SSSR count). The molecule has 0 atom stereocenters. The average molecular weight is 759 g/mol. The van der Waals surface area contributed by atoms with Crippen molar-refractivity contribution in [1.29, 1.82) is 0 Å². The smallest absolute Gasteiger partial charge is 0.258 e. The first-order chi connectivity index (χ1) is 22.9. The first kappa shape index (κ1) is 34.5. The standard InChI is InChI=1S/C20H24N4O3S.C13H16BrN3O2S/c1-14-10-16(12-23(2)20(14)25)15-8-9-18-21-11-19(24(18)13-15)28(26,27)22-17-6-4-3-5-7-17;14-10-6-7-12-15-8-13(17(12)9-10)20(18,19)16-11-4-2-1-3-5-11/h8-13,17,22H,3-7H2,1-2H3;6-9,11,16H,1-5H2. The van der Waals surface area contributed by atoms with Crippen molar-refractivity contribution < 1.29 is 16.8 Å². The minimum atomic E-state index is -3.67. The Morgan fingerprint density at radius 3 is 1.73 bits per heavy atom. The monoisotopic (exact) mass is 757 g/mol. The van der Waals surface area contributed by atoms with E-state index in [0.29, 0.717) is 16.9 Å². The van der Waals surface area contributed by atoms with Gasteiger partial charge >= 0.3 is 0 Å². The molecule has 2 saturated carbocycles. The minimum Gasteiger partial charge on any atom is -0.318 e. The molecule has 2 N–H and O–H groups in total. The molecule has 0 saturated heterocycles. The highest BCUT2D eigenvalue weighted by Crippen LogP contribution is 2.25. The molecule has 12 nitrogen and oxygen atoms in total. The summed E-state index contributed by atoms with van der Waals surface area (Å²) in [5.74, 6) is 0. The highest BCUT2D eigenvalue weighted by Gasteiger charge is 2.26. The fraction of sp³-hybridized carbons (Fsp3) is 0.424. The lowest BCUT2D eigenvalue weighted by atomic mass is 9.96. The van der Waals surface area contributed by atoms with Crippen LogP contribution in [0.25, 0.3) is 22.4 Å². The van der Waals surface area contributed by atoms with Gasteiger partial charge in [-0.1, -0.05) is 38.5 Å². The van der Waals surface area contributed by atoms with Gasteiger partial charge in [-0.3, -0.25) is 13.6 Å². The Morgan fingerprint density at radius 2 is 1.21 bits per heavy atom. The summed E-state index contributed by atoms with van der Waals surface area (Å²) in [6, 6.07) is 9.14. The molecule has 2 aliphatic rings. The van der Waals surface area contributed by atoms with E-state index in [-0.39, 0.29) is 27.7 Å². The Hall–Kier alpha value is -3.37. The Balaban J connectivity index is 0.000000177. The summed E-state index contributed by atoms with van der Waals surface area (Å²) in [6.45, 7) is 1.77. The zero-order valence-corrected chi connectivity index (χ0v) is 30.2. The first-order valence-corrected chi connectivity index (χ1v) is 20.0. The zero-order valence-electron chi connectivity index (χ0n) is 27.0. The van der Waals surface area contributed by atoms with E-state index >= 15 is 0 Å². The maximum absolute atomic E-state index is 13.0. The van der Waals surface area contributed by atoms with Gasteiger partial charge in [0.05, 0.1) is 12.4 Å². The number of nitrogens with zero attached hydrogens (tertiary/aromatic N) is 5. The summed E-state index contributed by atoms with van der Waals surface area (Å²) in [4.78, 5) is 20.4. The molecule has 48 heavy (non-hydrogen) atoms. The number of aromatic nitrogens is 5. The molecular weight excluding hydrogens is 718 g/mol. The molecule has 5 heterocycles. The third-order valence-electron chi connectivity index (χ3n) is 9.01. The van der Waals surface area contributed by atoms with Crippen molar-refractivity contribution in [1.82, 2.24) is 32.8 Å². The lowest BCUT2D eigenvalue weighted by Gasteiger charge is -2.22. The third kappa shape index (κ3) is 7.59. The highest BCUT2D eigenvalue weighted by atomic mass is 79.9. The van der Waals surface area contributed by atoms with Crippen LogP contribution < -0.4 is 15.0 Å². The first-order valence-electron chi connectivity index (χ1n) is 16.2. The largest absolute Gasteiger partial charge is 0.318 e. The summed E-state index contributed by atoms with van der Waals surface area (Å²) in [6.07, 6.45) is 18.3. The molecule has 5 aromatic heterocycles. The van der Waals surface area contributed by atoms with Crippen LogP contribution in [0.2, 0.25) is 0 Å². The van der Waals surface area contributed by atoms with E-state index in [0.717, 1.165) is 73.4 Å². The van der Waals surface area contributed by atoms with Crippen LogP contribution in [0.5, 0.6) is 0 Å². The summed E-state index contributed by atoms with van der Waals surface area (Å²) in [5, 5.41) is 0.329. The van der Waals surface area contributed by atoms with Crippen LogP contribution in [-0.2, 0) is 27.1 Å². The van der Waals surface area contributed by atoms with Crippen LogP contribution in [0.4, 0.5) is 0 Å². The number of halogens is 1. The van der Waals surface area contributed by atoms with Crippen LogP contribution in [0.15, 0.2) is 80.6 Å². The second kappa shape index (κ2) is 14.2. The Kier molecular flexibility index (Phi) is 10.2. The molecule has 0 aromatic carbocycles. The Bertz CT molecular complexity index is 2190. The molecular formula is C33H40BrN7O5S2. The number of hydrogen-bond acceptors (Lipinski definition) is 7. The van der Waals surface area contributed by atoms with Crippen molar-refractivity contribution in [2.75, 3.05) is 0 Å². The Morgan fingerprint density at radius 1 is 0.708 bits per heavy atom. The number of nitrogens with one attached hydrogen (secondary N) is 2. The summed E-state index contributed by atoms with van der Waals surface area (Å²) < 4.78 is 62.1. The molecule has 2 fully saturated rings. The lowest BCUT2D eigenvalue weighted by molar-refractivity contribution is 0.411. The van der Waals surface area contributed by atoms with Gasteiger partial charge in [0.1, 0.15) is 11.3 Å². The number of fused-ring (bicyclic) bond motifs is 2. The number of imidazole rings is 2. The predicted molar refractivity (Wildman–Crippen MR) is 188 cm³/mol. The topological polar surface area (TPSA) is 149 Å². The van der Waals surface area contributed by atoms with Crippen LogP contribution in [0.1, 0.15) is 69.8 Å². The second-order valence-corrected chi connectivity index (χ2v) is 16.9. The quantitative estimate of drug-likeness (QED) is 0.228. The SMILES string of the molecule is Cc1cc(-c2ccc3ncc(S(=O)(=O)NC4CCCCC4)n3c2)cn(C)c1=O.O=S(=O)(NC1CCCCC1)c1cnc2ccc(Br)cn12. The molecule has 15 heteroatoms. The van der Waals surface area contributed by atoms with Crippen molar-refractivity contribution in [3.63, 3.8) is 0 Å². The maximum Gasteiger partial charge on any atom is 0.258 e. The maximum atomic E-state index is 13.0. The van der Waals surface area contributed by atoms with Gasteiger partial charge in [-0.25, -0.2) is 36.2 Å². The summed E-state index contributed by atoms with van der Waals surface area (Å²) in [7, 11) is -5.49. The third-order valence-corrected chi connectivity index (χ3v) is 12.5. The lowest BCUT2D eigenvalue weighted by Crippen LogP contribution is -2.36. The van der Waals surface area contributed by atoms with Gasteiger partial charge in [-0.2, -0.15) is 0 Å². The molecule has 256 valence electrons. The zero-order chi connectivity index (χ0) is 34.1. The van der Waals surface area contributed by atoms with Crippen LogP contribution in [-0.4, -0.2) is 52.3 Å². The molecule has 0 bridgehead atoms. The highest BCUT2D eigenvalue weighted by molar-refractivity contribution is 9.10. The molecule has 2 aliphatic carbocycles. The van der Waals surface area contributed by atoms with Gasteiger partial charge in [0.25, 0.3) is 25.6 Å². The number of sulfonamides is 2. The average Bonchev–Trinajstić information content (AvgIpc) is 3.69. The Labute approximate surface area is 288 Å². The number of hydrogen-bond donors (Lipinski definition) is 2. The van der Waals surface area contributed by atoms with Crippen molar-refractivity contribution >= 4 is 47.3 Å². The molecule has 0 spiro atoms. The van der Waals surface area contributed by atoms with Crippen molar-refractivity contribution in [2.45, 2.75) is 93.3 Å². The number of rotatable bonds is 7. The predicted octanol–water partition coefficient (Wildman–Crippen LogP) is 5.33. The van der Waals surface area contributed by atoms with E-state index in [1.807, 2.05) is 18.2 Å². The van der Waals surface area contributed by atoms with E-state index in [2.05, 4.69) is 35.3 Å². The van der Waals surface area contributed by atoms with Crippen molar-refractivity contribution in [2.24, 2.45) is 7.05 Å². The van der Waals surface area contributed by atoms with Crippen molar-refractivity contribution in [3.8, 4) is 11.1 Å². The molecule has 0 amide bonds. The molecule has 0 unspecified atom stereocenters. The van der Waals surface area contributed by atoms with E-state index in [1.165, 1.54) is 23.4 Å². The minimum absolute atomic E-state index is 0.0150. The molecule has 5 aromatic rings. The van der Waals surface area contributed by atoms with Gasteiger partial charge in [0.15, 0.2) is 10.1 Å².